The van der Waals surface area contributed by atoms with Crippen LogP contribution in [0.4, 0.5) is 26.3 Å². The molecule has 0 N–H and O–H groups in total. The van der Waals surface area contributed by atoms with Crippen LogP contribution in [-0.4, -0.2) is 24.1 Å². The lowest BCUT2D eigenvalue weighted by atomic mass is 10.1. The molecule has 0 aliphatic carbocycles. The van der Waals surface area contributed by atoms with Crippen LogP contribution in [0.5, 0.6) is 0 Å². The van der Waals surface area contributed by atoms with E-state index in [0.717, 1.165) is 0 Å². The number of hydrogen-bond acceptors (Lipinski definition) is 1. The van der Waals surface area contributed by atoms with Crippen LogP contribution in [0.25, 0.3) is 0 Å². The summed E-state index contributed by atoms with van der Waals surface area (Å²) in [7, 11) is 0. The van der Waals surface area contributed by atoms with E-state index in [1.54, 1.807) is 30.3 Å². The molecule has 0 amide bonds. The Balaban J connectivity index is 2.56. The summed E-state index contributed by atoms with van der Waals surface area (Å²) in [5.74, 6) is 4.82. The van der Waals surface area contributed by atoms with Crippen molar-refractivity contribution in [2.45, 2.75) is 18.4 Å². The maximum atomic E-state index is 12.8. The van der Waals surface area contributed by atoms with Gasteiger partial charge in [-0.1, -0.05) is 47.9 Å². The fourth-order valence-electron chi connectivity index (χ4n) is 1.90. The Morgan fingerprint density at radius 2 is 1.38 bits per heavy atom. The molecule has 0 saturated carbocycles. The normalized spacial score (nSPS) is 12.7. The zero-order chi connectivity index (χ0) is 19.4. The number of hydrogen-bond donors (Lipinski definition) is 0. The molecule has 136 valence electrons. The molecular formula is C18H10ClF6N. The van der Waals surface area contributed by atoms with Crippen LogP contribution in [0.3, 0.4) is 0 Å². The molecule has 0 aliphatic rings. The topological polar surface area (TPSA) is 12.4 Å². The summed E-state index contributed by atoms with van der Waals surface area (Å²) in [6.07, 6.45) is -11.2. The van der Waals surface area contributed by atoms with Gasteiger partial charge in [-0.05, 0) is 30.2 Å². The van der Waals surface area contributed by atoms with Crippen molar-refractivity contribution < 1.29 is 26.3 Å². The van der Waals surface area contributed by atoms with Gasteiger partial charge >= 0.3 is 12.4 Å². The summed E-state index contributed by atoms with van der Waals surface area (Å²) >= 11 is 5.70. The van der Waals surface area contributed by atoms with Crippen LogP contribution in [-0.2, 0) is 0 Å². The van der Waals surface area contributed by atoms with Gasteiger partial charge in [-0.25, -0.2) is 0 Å². The first-order valence-electron chi connectivity index (χ1n) is 7.11. The van der Waals surface area contributed by atoms with Crippen molar-refractivity contribution in [3.63, 3.8) is 0 Å². The van der Waals surface area contributed by atoms with Gasteiger partial charge in [0, 0.05) is 16.1 Å². The molecule has 2 aromatic rings. The minimum atomic E-state index is -5.59. The van der Waals surface area contributed by atoms with Crippen molar-refractivity contribution >= 4 is 17.3 Å². The van der Waals surface area contributed by atoms with Gasteiger partial charge in [0.2, 0.25) is 6.04 Å². The maximum absolute atomic E-state index is 12.8. The standard InChI is InChI=1S/C18H10ClF6N/c19-14-9-7-13(8-10-14)15(11-6-12-4-2-1-3-5-12)26-16(17(20,21)22)18(23,24)25/h1-5,7-10,16H. The van der Waals surface area contributed by atoms with Gasteiger partial charge < -0.3 is 0 Å². The highest BCUT2D eigenvalue weighted by Gasteiger charge is 2.57. The average Bonchev–Trinajstić information content (AvgIpc) is 2.54. The third-order valence-corrected chi connectivity index (χ3v) is 3.35. The van der Waals surface area contributed by atoms with Gasteiger partial charge in [-0.3, -0.25) is 4.99 Å². The van der Waals surface area contributed by atoms with E-state index in [1.165, 1.54) is 24.3 Å². The van der Waals surface area contributed by atoms with E-state index in [1.807, 2.05) is 0 Å². The Labute approximate surface area is 150 Å². The number of alkyl halides is 6. The predicted molar refractivity (Wildman–Crippen MR) is 87.2 cm³/mol. The van der Waals surface area contributed by atoms with E-state index in [2.05, 4.69) is 16.8 Å². The third-order valence-electron chi connectivity index (χ3n) is 3.09. The minimum absolute atomic E-state index is 0.00340. The van der Waals surface area contributed by atoms with Crippen molar-refractivity contribution in [3.05, 3.63) is 70.7 Å². The van der Waals surface area contributed by atoms with E-state index < -0.39 is 24.1 Å². The number of halogens is 7. The highest BCUT2D eigenvalue weighted by molar-refractivity contribution is 6.30. The molecule has 0 saturated heterocycles. The molecule has 2 aromatic carbocycles. The van der Waals surface area contributed by atoms with Crippen LogP contribution >= 0.6 is 11.6 Å². The molecule has 8 heteroatoms. The lowest BCUT2D eigenvalue weighted by Gasteiger charge is -2.19. The van der Waals surface area contributed by atoms with Gasteiger partial charge in [0.15, 0.2) is 0 Å². The van der Waals surface area contributed by atoms with E-state index in [9.17, 15) is 26.3 Å². The Morgan fingerprint density at radius 3 is 1.88 bits per heavy atom. The third kappa shape index (κ3) is 5.53. The van der Waals surface area contributed by atoms with Crippen LogP contribution in [0, 0.1) is 11.8 Å². The predicted octanol–water partition coefficient (Wildman–Crippen LogP) is 5.67. The summed E-state index contributed by atoms with van der Waals surface area (Å²) in [5, 5.41) is 0.271. The Hall–Kier alpha value is -2.46. The van der Waals surface area contributed by atoms with Crippen LogP contribution in [0.2, 0.25) is 5.02 Å². The van der Waals surface area contributed by atoms with Gasteiger partial charge in [0.25, 0.3) is 0 Å². The Morgan fingerprint density at radius 1 is 0.846 bits per heavy atom. The molecular weight excluding hydrogens is 380 g/mol. The molecule has 26 heavy (non-hydrogen) atoms. The van der Waals surface area contributed by atoms with Crippen molar-refractivity contribution in [3.8, 4) is 11.8 Å². The van der Waals surface area contributed by atoms with E-state index in [4.69, 9.17) is 11.6 Å². The van der Waals surface area contributed by atoms with Crippen molar-refractivity contribution in [1.29, 1.82) is 0 Å². The molecule has 0 unspecified atom stereocenters. The van der Waals surface area contributed by atoms with Crippen molar-refractivity contribution in [2.24, 2.45) is 4.99 Å². The number of nitrogens with zero attached hydrogens (tertiary/aromatic N) is 1. The van der Waals surface area contributed by atoms with Gasteiger partial charge in [-0.2, -0.15) is 26.3 Å². The van der Waals surface area contributed by atoms with E-state index in [-0.39, 0.29) is 10.6 Å². The van der Waals surface area contributed by atoms with Crippen LogP contribution < -0.4 is 0 Å². The molecule has 0 radical (unpaired) electrons. The quantitative estimate of drug-likeness (QED) is 0.356. The molecule has 2 rings (SSSR count). The van der Waals surface area contributed by atoms with Crippen LogP contribution in [0.1, 0.15) is 11.1 Å². The lowest BCUT2D eigenvalue weighted by molar-refractivity contribution is -0.247. The fraction of sp³-hybridized carbons (Fsp3) is 0.167. The molecule has 0 heterocycles. The van der Waals surface area contributed by atoms with Crippen LogP contribution in [0.15, 0.2) is 59.6 Å². The molecule has 0 aromatic heterocycles. The summed E-state index contributed by atoms with van der Waals surface area (Å²) in [6.45, 7) is 0. The second-order valence-electron chi connectivity index (χ2n) is 5.09. The smallest absolute Gasteiger partial charge is 0.253 e. The average molecular weight is 390 g/mol. The number of benzene rings is 2. The number of aliphatic imine (C=N–C) groups is 1. The number of rotatable bonds is 2. The fourth-order valence-corrected chi connectivity index (χ4v) is 2.03. The first kappa shape index (κ1) is 19.9. The van der Waals surface area contributed by atoms with Crippen molar-refractivity contribution in [2.75, 3.05) is 0 Å². The molecule has 0 bridgehead atoms. The van der Waals surface area contributed by atoms with E-state index >= 15 is 0 Å². The van der Waals surface area contributed by atoms with Crippen molar-refractivity contribution in [1.82, 2.24) is 0 Å². The highest BCUT2D eigenvalue weighted by atomic mass is 35.5. The molecule has 0 aliphatic heterocycles. The summed E-state index contributed by atoms with van der Waals surface area (Å²) in [5.41, 5.74) is -0.216. The second-order valence-corrected chi connectivity index (χ2v) is 5.52. The largest absolute Gasteiger partial charge is 0.419 e. The molecule has 1 nitrogen and oxygen atoms in total. The summed E-state index contributed by atoms with van der Waals surface area (Å²) in [4.78, 5) is 2.88. The van der Waals surface area contributed by atoms with Gasteiger partial charge in [-0.15, -0.1) is 0 Å². The van der Waals surface area contributed by atoms with E-state index in [0.29, 0.717) is 5.56 Å². The first-order chi connectivity index (χ1) is 12.1. The minimum Gasteiger partial charge on any atom is -0.253 e. The SMILES string of the molecule is FC(F)(F)C(N=C(C#Cc1ccccc1)c1ccc(Cl)cc1)C(F)(F)F. The lowest BCUT2D eigenvalue weighted by Crippen LogP contribution is -2.41. The molecule has 0 fully saturated rings. The summed E-state index contributed by atoms with van der Waals surface area (Å²) < 4.78 is 76.9. The first-order valence-corrected chi connectivity index (χ1v) is 7.49. The molecule has 0 atom stereocenters. The van der Waals surface area contributed by atoms with Gasteiger partial charge in [0.05, 0.1) is 0 Å². The Kier molecular flexibility index (Phi) is 5.98. The monoisotopic (exact) mass is 389 g/mol. The molecule has 0 spiro atoms. The maximum Gasteiger partial charge on any atom is 0.419 e. The highest BCUT2D eigenvalue weighted by Crippen LogP contribution is 2.36. The zero-order valence-electron chi connectivity index (χ0n) is 12.9. The van der Waals surface area contributed by atoms with Gasteiger partial charge in [0.1, 0.15) is 5.71 Å². The zero-order valence-corrected chi connectivity index (χ0v) is 13.6. The summed E-state index contributed by atoms with van der Waals surface area (Å²) in [6, 6.07) is 9.40. The second kappa shape index (κ2) is 7.83. The Bertz CT molecular complexity index is 812.